The van der Waals surface area contributed by atoms with Crippen LogP contribution in [0.1, 0.15) is 13.8 Å². The largest absolute Gasteiger partial charge is 0.367 e. The van der Waals surface area contributed by atoms with E-state index in [1.54, 1.807) is 4.90 Å². The standard InChI is InChI=1S/C7H13NO2/c1-5-6(2)10-4-7(9)8(5)3/h5-6H,4H2,1-3H3. The Balaban J connectivity index is 2.60. The van der Waals surface area contributed by atoms with Gasteiger partial charge < -0.3 is 9.64 Å². The van der Waals surface area contributed by atoms with E-state index in [1.807, 2.05) is 20.9 Å². The van der Waals surface area contributed by atoms with E-state index in [2.05, 4.69) is 0 Å². The molecule has 0 N–H and O–H groups in total. The van der Waals surface area contributed by atoms with Gasteiger partial charge in [0.15, 0.2) is 0 Å². The van der Waals surface area contributed by atoms with Gasteiger partial charge in [0, 0.05) is 7.05 Å². The van der Waals surface area contributed by atoms with Gasteiger partial charge in [0.05, 0.1) is 12.1 Å². The first-order valence-corrected chi connectivity index (χ1v) is 3.50. The van der Waals surface area contributed by atoms with Gasteiger partial charge in [-0.05, 0) is 13.8 Å². The molecule has 3 heteroatoms. The number of carbonyl (C=O) groups is 1. The lowest BCUT2D eigenvalue weighted by molar-refractivity contribution is -0.151. The molecule has 0 saturated carbocycles. The average molecular weight is 143 g/mol. The summed E-state index contributed by atoms with van der Waals surface area (Å²) >= 11 is 0. The molecule has 2 unspecified atom stereocenters. The first-order chi connectivity index (χ1) is 4.63. The SMILES string of the molecule is CC1OCC(=O)N(C)C1C. The summed E-state index contributed by atoms with van der Waals surface area (Å²) in [7, 11) is 1.81. The molecule has 0 radical (unpaired) electrons. The number of amides is 1. The second-order valence-electron chi connectivity index (χ2n) is 2.76. The van der Waals surface area contributed by atoms with Crippen molar-refractivity contribution in [1.82, 2.24) is 4.90 Å². The molecule has 1 fully saturated rings. The minimum atomic E-state index is 0.0746. The van der Waals surface area contributed by atoms with Crippen LogP contribution in [0.2, 0.25) is 0 Å². The number of ether oxygens (including phenoxy) is 1. The maximum Gasteiger partial charge on any atom is 0.248 e. The van der Waals surface area contributed by atoms with Crippen LogP contribution in [-0.4, -0.2) is 36.6 Å². The van der Waals surface area contributed by atoms with Gasteiger partial charge in [0.1, 0.15) is 6.61 Å². The molecular weight excluding hydrogens is 130 g/mol. The Morgan fingerprint density at radius 3 is 2.70 bits per heavy atom. The molecule has 0 aliphatic carbocycles. The number of rotatable bonds is 0. The third-order valence-corrected chi connectivity index (χ3v) is 2.15. The quantitative estimate of drug-likeness (QED) is 0.486. The van der Waals surface area contributed by atoms with E-state index in [0.29, 0.717) is 0 Å². The topological polar surface area (TPSA) is 29.5 Å². The summed E-state index contributed by atoms with van der Waals surface area (Å²) in [5, 5.41) is 0. The molecule has 1 saturated heterocycles. The highest BCUT2D eigenvalue weighted by Gasteiger charge is 2.27. The summed E-state index contributed by atoms with van der Waals surface area (Å²) in [6, 6.07) is 0.209. The minimum Gasteiger partial charge on any atom is -0.367 e. The van der Waals surface area contributed by atoms with Gasteiger partial charge in [0.2, 0.25) is 5.91 Å². The molecule has 0 aromatic carbocycles. The number of likely N-dealkylation sites (N-methyl/N-ethyl adjacent to an activating group) is 1. The monoisotopic (exact) mass is 143 g/mol. The minimum absolute atomic E-state index is 0.0746. The van der Waals surface area contributed by atoms with E-state index in [4.69, 9.17) is 4.74 Å². The van der Waals surface area contributed by atoms with Crippen LogP contribution >= 0.6 is 0 Å². The Kier molecular flexibility index (Phi) is 1.94. The Labute approximate surface area is 61.0 Å². The third-order valence-electron chi connectivity index (χ3n) is 2.15. The van der Waals surface area contributed by atoms with Gasteiger partial charge >= 0.3 is 0 Å². The number of nitrogens with zero attached hydrogens (tertiary/aromatic N) is 1. The fourth-order valence-electron chi connectivity index (χ4n) is 0.986. The predicted molar refractivity (Wildman–Crippen MR) is 37.6 cm³/mol. The Bertz CT molecular complexity index is 147. The summed E-state index contributed by atoms with van der Waals surface area (Å²) in [4.78, 5) is 12.7. The zero-order valence-electron chi connectivity index (χ0n) is 6.63. The van der Waals surface area contributed by atoms with E-state index in [1.165, 1.54) is 0 Å². The molecule has 1 aliphatic rings. The van der Waals surface area contributed by atoms with Crippen molar-refractivity contribution in [2.75, 3.05) is 13.7 Å². The van der Waals surface area contributed by atoms with Crippen molar-refractivity contribution < 1.29 is 9.53 Å². The normalized spacial score (nSPS) is 34.7. The van der Waals surface area contributed by atoms with Gasteiger partial charge in [-0.3, -0.25) is 4.79 Å². The molecule has 2 atom stereocenters. The van der Waals surface area contributed by atoms with Crippen LogP contribution < -0.4 is 0 Å². The number of carbonyl (C=O) groups excluding carboxylic acids is 1. The van der Waals surface area contributed by atoms with E-state index < -0.39 is 0 Å². The van der Waals surface area contributed by atoms with Gasteiger partial charge in [-0.2, -0.15) is 0 Å². The van der Waals surface area contributed by atoms with Crippen molar-refractivity contribution in [3.8, 4) is 0 Å². The highest BCUT2D eigenvalue weighted by molar-refractivity contribution is 5.78. The molecule has 3 nitrogen and oxygen atoms in total. The summed E-state index contributed by atoms with van der Waals surface area (Å²) in [5.74, 6) is 0.0746. The van der Waals surface area contributed by atoms with Crippen LogP contribution in [0.4, 0.5) is 0 Å². The van der Waals surface area contributed by atoms with Crippen molar-refractivity contribution in [1.29, 1.82) is 0 Å². The first kappa shape index (κ1) is 7.54. The van der Waals surface area contributed by atoms with Crippen molar-refractivity contribution >= 4 is 5.91 Å². The van der Waals surface area contributed by atoms with Crippen molar-refractivity contribution in [2.45, 2.75) is 26.0 Å². The first-order valence-electron chi connectivity index (χ1n) is 3.50. The lowest BCUT2D eigenvalue weighted by Crippen LogP contribution is -2.49. The Morgan fingerprint density at radius 2 is 2.20 bits per heavy atom. The summed E-state index contributed by atoms with van der Waals surface area (Å²) in [6.45, 7) is 4.21. The molecular formula is C7H13NO2. The molecule has 0 spiro atoms. The van der Waals surface area contributed by atoms with Crippen LogP contribution in [-0.2, 0) is 9.53 Å². The molecule has 1 aliphatic heterocycles. The lowest BCUT2D eigenvalue weighted by Gasteiger charge is -2.34. The summed E-state index contributed by atoms with van der Waals surface area (Å²) in [5.41, 5.74) is 0. The van der Waals surface area contributed by atoms with Gasteiger partial charge in [-0.1, -0.05) is 0 Å². The zero-order valence-corrected chi connectivity index (χ0v) is 6.63. The highest BCUT2D eigenvalue weighted by atomic mass is 16.5. The Morgan fingerprint density at radius 1 is 1.60 bits per heavy atom. The van der Waals surface area contributed by atoms with Crippen LogP contribution in [0.3, 0.4) is 0 Å². The third kappa shape index (κ3) is 1.14. The Hall–Kier alpha value is -0.570. The van der Waals surface area contributed by atoms with Crippen molar-refractivity contribution in [3.63, 3.8) is 0 Å². The van der Waals surface area contributed by atoms with Gasteiger partial charge in [-0.25, -0.2) is 0 Å². The maximum absolute atomic E-state index is 11.0. The highest BCUT2D eigenvalue weighted by Crippen LogP contribution is 2.11. The fourth-order valence-corrected chi connectivity index (χ4v) is 0.986. The molecule has 0 aromatic rings. The van der Waals surface area contributed by atoms with Crippen LogP contribution in [0, 0.1) is 0 Å². The second kappa shape index (κ2) is 2.58. The van der Waals surface area contributed by atoms with Gasteiger partial charge in [0.25, 0.3) is 0 Å². The summed E-state index contributed by atoms with van der Waals surface area (Å²) < 4.78 is 5.18. The lowest BCUT2D eigenvalue weighted by atomic mass is 10.1. The fraction of sp³-hybridized carbons (Fsp3) is 0.857. The zero-order chi connectivity index (χ0) is 7.72. The van der Waals surface area contributed by atoms with E-state index >= 15 is 0 Å². The molecule has 1 heterocycles. The molecule has 10 heavy (non-hydrogen) atoms. The summed E-state index contributed by atoms with van der Waals surface area (Å²) in [6.07, 6.45) is 0.169. The molecule has 0 bridgehead atoms. The average Bonchev–Trinajstić information content (AvgIpc) is 1.93. The van der Waals surface area contributed by atoms with Gasteiger partial charge in [-0.15, -0.1) is 0 Å². The van der Waals surface area contributed by atoms with Crippen molar-refractivity contribution in [3.05, 3.63) is 0 Å². The van der Waals surface area contributed by atoms with E-state index in [0.717, 1.165) is 0 Å². The van der Waals surface area contributed by atoms with Crippen LogP contribution in [0.15, 0.2) is 0 Å². The maximum atomic E-state index is 11.0. The molecule has 1 rings (SSSR count). The molecule has 58 valence electrons. The number of hydrogen-bond acceptors (Lipinski definition) is 2. The van der Waals surface area contributed by atoms with Crippen molar-refractivity contribution in [2.24, 2.45) is 0 Å². The predicted octanol–water partition coefficient (Wildman–Crippen LogP) is 0.252. The number of morpholine rings is 1. The van der Waals surface area contributed by atoms with Crippen LogP contribution in [0.25, 0.3) is 0 Å². The second-order valence-corrected chi connectivity index (χ2v) is 2.76. The van der Waals surface area contributed by atoms with Crippen LogP contribution in [0.5, 0.6) is 0 Å². The number of hydrogen-bond donors (Lipinski definition) is 0. The smallest absolute Gasteiger partial charge is 0.248 e. The van der Waals surface area contributed by atoms with E-state index in [-0.39, 0.29) is 24.7 Å². The molecule has 1 amide bonds. The van der Waals surface area contributed by atoms with E-state index in [9.17, 15) is 4.79 Å². The molecule has 0 aromatic heterocycles.